The van der Waals surface area contributed by atoms with Gasteiger partial charge in [0, 0.05) is 41.6 Å². The van der Waals surface area contributed by atoms with Gasteiger partial charge in [0.05, 0.1) is 45.4 Å². The van der Waals surface area contributed by atoms with Gasteiger partial charge in [0.15, 0.2) is 0 Å². The van der Waals surface area contributed by atoms with Crippen molar-refractivity contribution in [3.05, 3.63) is 98.6 Å². The number of nitro groups is 1. The molecule has 21 heteroatoms. The Hall–Kier alpha value is -5.15. The smallest absolute Gasteiger partial charge is 0.347 e. The molecule has 1 unspecified atom stereocenters. The molecule has 284 valence electrons. The Morgan fingerprint density at radius 3 is 2.31 bits per heavy atom. The number of nitrogens with one attached hydrogen (secondary N) is 3. The monoisotopic (exact) mass is 803 g/mol. The second kappa shape index (κ2) is 16.9. The molecule has 5 rings (SSSR count). The molecule has 0 spiro atoms. The van der Waals surface area contributed by atoms with E-state index in [-0.39, 0.29) is 26.2 Å². The van der Waals surface area contributed by atoms with E-state index in [0.29, 0.717) is 28.7 Å². The van der Waals surface area contributed by atoms with E-state index >= 15 is 0 Å². The summed E-state index contributed by atoms with van der Waals surface area (Å²) in [6.45, 7) is 0.751. The number of anilines is 1. The molecule has 18 nitrogen and oxygen atoms in total. The number of non-ortho nitro benzene ring substituents is 1. The summed E-state index contributed by atoms with van der Waals surface area (Å²) in [6, 6.07) is 13.4. The van der Waals surface area contributed by atoms with E-state index in [0.717, 1.165) is 19.1 Å². The highest BCUT2D eigenvalue weighted by Gasteiger charge is 2.55. The van der Waals surface area contributed by atoms with Gasteiger partial charge in [-0.05, 0) is 36.4 Å². The van der Waals surface area contributed by atoms with Gasteiger partial charge in [-0.25, -0.2) is 14.3 Å². The van der Waals surface area contributed by atoms with E-state index in [1.165, 1.54) is 47.3 Å². The summed E-state index contributed by atoms with van der Waals surface area (Å²) in [6.07, 6.45) is -5.95. The number of nitrogens with zero attached hydrogens (tertiary/aromatic N) is 4. The number of hydrogen-bond acceptors (Lipinski definition) is 13. The molecule has 4 amide bonds. The molecule has 6 atom stereocenters. The summed E-state index contributed by atoms with van der Waals surface area (Å²) in [5.41, 5.74) is 0.862. The van der Waals surface area contributed by atoms with Crippen LogP contribution in [-0.4, -0.2) is 99.5 Å². The van der Waals surface area contributed by atoms with Crippen LogP contribution in [0.15, 0.2) is 77.8 Å². The Morgan fingerprint density at radius 2 is 1.72 bits per heavy atom. The number of carboxylic acid groups (broad SMARTS) is 1. The Morgan fingerprint density at radius 1 is 1.07 bits per heavy atom. The van der Waals surface area contributed by atoms with E-state index in [9.17, 15) is 49.7 Å². The summed E-state index contributed by atoms with van der Waals surface area (Å²) >= 11 is 12.7. The van der Waals surface area contributed by atoms with E-state index in [1.54, 1.807) is 18.2 Å². The van der Waals surface area contributed by atoms with Crippen molar-refractivity contribution in [3.8, 4) is 11.3 Å². The van der Waals surface area contributed by atoms with Gasteiger partial charge in [0.25, 0.3) is 11.6 Å². The Balaban J connectivity index is 1.26. The van der Waals surface area contributed by atoms with E-state index in [2.05, 4.69) is 26.3 Å². The van der Waals surface area contributed by atoms with Crippen molar-refractivity contribution >= 4 is 70.2 Å². The number of benzene rings is 3. The van der Waals surface area contributed by atoms with Crippen LogP contribution < -0.4 is 16.0 Å². The summed E-state index contributed by atoms with van der Waals surface area (Å²) in [7, 11) is 0. The molecule has 1 aromatic heterocycles. The summed E-state index contributed by atoms with van der Waals surface area (Å²) in [5.74, 6) is -2.97. The summed E-state index contributed by atoms with van der Waals surface area (Å²) in [4.78, 5) is 58.0. The van der Waals surface area contributed by atoms with Crippen molar-refractivity contribution in [2.45, 2.75) is 60.2 Å². The number of hydrogen-bond donors (Lipinski definition) is 7. The lowest BCUT2D eigenvalue weighted by Crippen LogP contribution is -2.66. The quantitative estimate of drug-likeness (QED) is 0.0802. The lowest BCUT2D eigenvalue weighted by molar-refractivity contribution is -0.384. The molecule has 4 aromatic rings. The average Bonchev–Trinajstić information content (AvgIpc) is 3.57. The maximum Gasteiger partial charge on any atom is 0.347 e. The lowest BCUT2D eigenvalue weighted by Gasteiger charge is -2.46. The standard InChI is InChI=1S/C33H31Cl2N7O11S/c1-16(43)36-27-24(44)13-33(31(48)49,54-20-11-9-19(10-12-20)42(51)52)53-29(27)28(46)25(45)15-41-14-23(39-40-41)17-5-7-18(8-6-17)37-32(50)38-30(47)26-21(34)3-2-4-22(26)35/h2-12,14,24-25,27-29,44-46H,13,15H2,1H3,(H,36,43)(H,48,49)(H2,37,38,47,50)/t24-,25+,27+,28+,29?,33-/m0/s1. The molecule has 0 saturated carbocycles. The molecule has 2 heterocycles. The van der Waals surface area contributed by atoms with Crippen LogP contribution in [0.1, 0.15) is 23.7 Å². The van der Waals surface area contributed by atoms with Gasteiger partial charge in [-0.1, -0.05) is 58.4 Å². The molecule has 54 heavy (non-hydrogen) atoms. The van der Waals surface area contributed by atoms with Gasteiger partial charge in [-0.15, -0.1) is 5.10 Å². The molecule has 1 fully saturated rings. The fraction of sp³-hybridized carbons (Fsp3) is 0.273. The largest absolute Gasteiger partial charge is 0.478 e. The zero-order valence-electron chi connectivity index (χ0n) is 27.8. The number of ether oxygens (including phenoxy) is 1. The van der Waals surface area contributed by atoms with Crippen molar-refractivity contribution in [3.63, 3.8) is 0 Å². The Bertz CT molecular complexity index is 2030. The van der Waals surface area contributed by atoms with Crippen LogP contribution in [0.25, 0.3) is 11.3 Å². The minimum atomic E-state index is -2.24. The number of halogens is 2. The van der Waals surface area contributed by atoms with Gasteiger partial charge < -0.3 is 35.8 Å². The van der Waals surface area contributed by atoms with Crippen LogP contribution in [0.4, 0.5) is 16.2 Å². The van der Waals surface area contributed by atoms with Crippen LogP contribution in [0, 0.1) is 10.1 Å². The van der Waals surface area contributed by atoms with Crippen molar-refractivity contribution in [2.75, 3.05) is 5.32 Å². The number of aliphatic hydroxyl groups is 3. The highest BCUT2D eigenvalue weighted by atomic mass is 35.5. The minimum Gasteiger partial charge on any atom is -0.478 e. The van der Waals surface area contributed by atoms with Crippen LogP contribution in [0.3, 0.4) is 0 Å². The normalized spacial score (nSPS) is 20.7. The van der Waals surface area contributed by atoms with E-state index in [4.69, 9.17) is 27.9 Å². The molecule has 1 aliphatic rings. The number of carboxylic acids is 1. The van der Waals surface area contributed by atoms with Crippen LogP contribution >= 0.6 is 35.0 Å². The number of thioether (sulfide) groups is 1. The number of amides is 4. The number of imide groups is 1. The molecule has 0 radical (unpaired) electrons. The maximum absolute atomic E-state index is 12.6. The van der Waals surface area contributed by atoms with Gasteiger partial charge in [-0.3, -0.25) is 25.0 Å². The molecule has 3 aromatic carbocycles. The third-order valence-corrected chi connectivity index (χ3v) is 10.0. The molecular weight excluding hydrogens is 773 g/mol. The summed E-state index contributed by atoms with van der Waals surface area (Å²) in [5, 5.41) is 70.1. The SMILES string of the molecule is CC(=O)N[C@H]1C([C@H](O)[C@H](O)Cn2cc(-c3ccc(NC(=O)NC(=O)c4c(Cl)cccc4Cl)cc3)nn2)O[C@@](Sc2ccc([N+](=O)[O-])cc2)(C(=O)O)C[C@@H]1O. The first-order valence-electron chi connectivity index (χ1n) is 15.8. The molecule has 0 bridgehead atoms. The number of rotatable bonds is 12. The first-order chi connectivity index (χ1) is 25.6. The summed E-state index contributed by atoms with van der Waals surface area (Å²) < 4.78 is 7.12. The van der Waals surface area contributed by atoms with Crippen LogP contribution in [0.2, 0.25) is 10.0 Å². The van der Waals surface area contributed by atoms with Crippen LogP contribution in [-0.2, 0) is 20.9 Å². The van der Waals surface area contributed by atoms with Crippen molar-refractivity contribution < 1.29 is 49.3 Å². The number of aromatic nitrogens is 3. The average molecular weight is 805 g/mol. The second-order valence-corrected chi connectivity index (χ2v) is 14.1. The number of carbonyl (C=O) groups is 4. The predicted molar refractivity (Wildman–Crippen MR) is 193 cm³/mol. The lowest BCUT2D eigenvalue weighted by atomic mass is 9.89. The Kier molecular flexibility index (Phi) is 12.5. The number of urea groups is 1. The zero-order chi connectivity index (χ0) is 39.3. The highest BCUT2D eigenvalue weighted by Crippen LogP contribution is 2.44. The molecule has 7 N–H and O–H groups in total. The zero-order valence-corrected chi connectivity index (χ0v) is 30.2. The first-order valence-corrected chi connectivity index (χ1v) is 17.4. The van der Waals surface area contributed by atoms with Gasteiger partial charge in [0.2, 0.25) is 10.8 Å². The van der Waals surface area contributed by atoms with Crippen LogP contribution in [0.5, 0.6) is 0 Å². The van der Waals surface area contributed by atoms with Gasteiger partial charge in [-0.2, -0.15) is 0 Å². The van der Waals surface area contributed by atoms with E-state index in [1.807, 2.05) is 0 Å². The molecule has 0 aliphatic carbocycles. The maximum atomic E-state index is 12.6. The topological polar surface area (TPSA) is 268 Å². The minimum absolute atomic E-state index is 0.0597. The fourth-order valence-corrected chi connectivity index (χ4v) is 7.26. The number of aliphatic hydroxyl groups excluding tert-OH is 3. The predicted octanol–water partition coefficient (Wildman–Crippen LogP) is 3.07. The second-order valence-electron chi connectivity index (χ2n) is 12.0. The fourth-order valence-electron chi connectivity index (χ4n) is 5.54. The van der Waals surface area contributed by atoms with E-state index < -0.39 is 77.1 Å². The molecule has 1 aliphatic heterocycles. The number of nitro benzene ring substituents is 1. The third-order valence-electron chi connectivity index (χ3n) is 8.10. The van der Waals surface area contributed by atoms with Crippen molar-refractivity contribution in [2.24, 2.45) is 0 Å². The number of aliphatic carboxylic acids is 1. The van der Waals surface area contributed by atoms with Gasteiger partial charge >= 0.3 is 12.0 Å². The molecule has 1 saturated heterocycles. The third kappa shape index (κ3) is 9.31. The molecular formula is C33H31Cl2N7O11S. The van der Waals surface area contributed by atoms with Crippen molar-refractivity contribution in [1.29, 1.82) is 0 Å². The Labute approximate surface area is 319 Å². The highest BCUT2D eigenvalue weighted by molar-refractivity contribution is 8.01. The van der Waals surface area contributed by atoms with Crippen molar-refractivity contribution in [1.82, 2.24) is 25.6 Å². The first kappa shape index (κ1) is 40.0. The van der Waals surface area contributed by atoms with Gasteiger partial charge in [0.1, 0.15) is 24.0 Å². The number of carbonyl (C=O) groups excluding carboxylic acids is 3.